The zero-order valence-corrected chi connectivity index (χ0v) is 15.6. The van der Waals surface area contributed by atoms with E-state index < -0.39 is 5.97 Å². The van der Waals surface area contributed by atoms with Gasteiger partial charge in [0.05, 0.1) is 18.0 Å². The highest BCUT2D eigenvalue weighted by molar-refractivity contribution is 9.10. The lowest BCUT2D eigenvalue weighted by molar-refractivity contribution is -0.136. The number of hydrogen-bond donors (Lipinski definition) is 3. The van der Waals surface area contributed by atoms with E-state index in [4.69, 9.17) is 22.1 Å². The van der Waals surface area contributed by atoms with E-state index in [2.05, 4.69) is 26.6 Å². The number of rotatable bonds is 5. The van der Waals surface area contributed by atoms with Crippen LogP contribution in [-0.4, -0.2) is 29.2 Å². The number of anilines is 1. The minimum absolute atomic E-state index is 0.0478. The second kappa shape index (κ2) is 8.59. The van der Waals surface area contributed by atoms with Crippen LogP contribution < -0.4 is 15.4 Å². The largest absolute Gasteiger partial charge is 0.496 e. The van der Waals surface area contributed by atoms with E-state index >= 15 is 0 Å². The van der Waals surface area contributed by atoms with Gasteiger partial charge in [0, 0.05) is 11.3 Å². The van der Waals surface area contributed by atoms with Gasteiger partial charge in [0.25, 0.3) is 5.91 Å². The summed E-state index contributed by atoms with van der Waals surface area (Å²) < 4.78 is 5.78. The van der Waals surface area contributed by atoms with Crippen LogP contribution in [0.1, 0.15) is 15.9 Å². The SMILES string of the molecule is COc1ccc(C(=O)NC(=S)Nc2ccc(CC(=O)O)cc2)cc1Br. The summed E-state index contributed by atoms with van der Waals surface area (Å²) in [6.45, 7) is 0. The summed E-state index contributed by atoms with van der Waals surface area (Å²) in [5.41, 5.74) is 1.75. The summed E-state index contributed by atoms with van der Waals surface area (Å²) >= 11 is 8.45. The second-order valence-corrected chi connectivity index (χ2v) is 6.29. The lowest BCUT2D eigenvalue weighted by Gasteiger charge is -2.11. The normalized spacial score (nSPS) is 10.0. The Morgan fingerprint density at radius 2 is 1.88 bits per heavy atom. The number of carbonyl (C=O) groups excluding carboxylic acids is 1. The number of carboxylic acid groups (broad SMARTS) is 1. The number of methoxy groups -OCH3 is 1. The average Bonchev–Trinajstić information content (AvgIpc) is 2.56. The van der Waals surface area contributed by atoms with E-state index in [1.807, 2.05) is 0 Å². The molecule has 2 aromatic carbocycles. The van der Waals surface area contributed by atoms with Crippen LogP contribution >= 0.6 is 28.1 Å². The number of aliphatic carboxylic acids is 1. The van der Waals surface area contributed by atoms with Crippen molar-refractivity contribution in [2.75, 3.05) is 12.4 Å². The van der Waals surface area contributed by atoms with E-state index in [9.17, 15) is 9.59 Å². The highest BCUT2D eigenvalue weighted by atomic mass is 79.9. The Morgan fingerprint density at radius 3 is 2.44 bits per heavy atom. The van der Waals surface area contributed by atoms with Crippen LogP contribution in [0.4, 0.5) is 5.69 Å². The molecule has 1 amide bonds. The predicted molar refractivity (Wildman–Crippen MR) is 102 cm³/mol. The maximum Gasteiger partial charge on any atom is 0.307 e. The number of amides is 1. The molecule has 2 aromatic rings. The van der Waals surface area contributed by atoms with Crippen LogP contribution in [0, 0.1) is 0 Å². The summed E-state index contributed by atoms with van der Waals surface area (Å²) in [5.74, 6) is -0.629. The summed E-state index contributed by atoms with van der Waals surface area (Å²) in [6, 6.07) is 11.7. The number of thiocarbonyl (C=S) groups is 1. The Morgan fingerprint density at radius 1 is 1.20 bits per heavy atom. The van der Waals surface area contributed by atoms with Crippen molar-refractivity contribution in [1.82, 2.24) is 5.32 Å². The number of halogens is 1. The second-order valence-electron chi connectivity index (χ2n) is 5.03. The molecule has 0 bridgehead atoms. The molecule has 0 radical (unpaired) electrons. The molecule has 0 saturated heterocycles. The van der Waals surface area contributed by atoms with Crippen LogP contribution in [0.15, 0.2) is 46.9 Å². The number of carboxylic acids is 1. The molecule has 0 aliphatic carbocycles. The first kappa shape index (κ1) is 18.9. The van der Waals surface area contributed by atoms with Gasteiger partial charge in [-0.05, 0) is 64.0 Å². The van der Waals surface area contributed by atoms with Crippen LogP contribution in [-0.2, 0) is 11.2 Å². The third-order valence-corrected chi connectivity index (χ3v) is 4.03. The molecule has 6 nitrogen and oxygen atoms in total. The zero-order valence-electron chi connectivity index (χ0n) is 13.2. The van der Waals surface area contributed by atoms with E-state index in [1.54, 1.807) is 49.6 Å². The minimum Gasteiger partial charge on any atom is -0.496 e. The van der Waals surface area contributed by atoms with Gasteiger partial charge in [-0.1, -0.05) is 12.1 Å². The third-order valence-electron chi connectivity index (χ3n) is 3.21. The van der Waals surface area contributed by atoms with Crippen LogP contribution in [0.2, 0.25) is 0 Å². The Balaban J connectivity index is 1.96. The Kier molecular flexibility index (Phi) is 6.49. The zero-order chi connectivity index (χ0) is 18.4. The molecule has 0 spiro atoms. The quantitative estimate of drug-likeness (QED) is 0.641. The van der Waals surface area contributed by atoms with Gasteiger partial charge in [-0.3, -0.25) is 14.9 Å². The Labute approximate surface area is 158 Å². The molecule has 0 heterocycles. The first-order chi connectivity index (χ1) is 11.9. The molecule has 2 rings (SSSR count). The molecule has 0 aliphatic heterocycles. The number of carbonyl (C=O) groups is 2. The number of benzene rings is 2. The van der Waals surface area contributed by atoms with Gasteiger partial charge >= 0.3 is 5.97 Å². The van der Waals surface area contributed by atoms with Gasteiger partial charge in [-0.25, -0.2) is 0 Å². The molecule has 3 N–H and O–H groups in total. The van der Waals surface area contributed by atoms with Crippen molar-refractivity contribution in [3.8, 4) is 5.75 Å². The van der Waals surface area contributed by atoms with Crippen molar-refractivity contribution < 1.29 is 19.4 Å². The third kappa shape index (κ3) is 5.54. The van der Waals surface area contributed by atoms with Gasteiger partial charge in [0.1, 0.15) is 5.75 Å². The van der Waals surface area contributed by atoms with E-state index in [1.165, 1.54) is 0 Å². The molecular weight excluding hydrogens is 408 g/mol. The van der Waals surface area contributed by atoms with Crippen LogP contribution in [0.25, 0.3) is 0 Å². The minimum atomic E-state index is -0.894. The predicted octanol–water partition coefficient (Wildman–Crippen LogP) is 3.21. The lowest BCUT2D eigenvalue weighted by Crippen LogP contribution is -2.34. The van der Waals surface area contributed by atoms with Crippen molar-refractivity contribution in [3.05, 3.63) is 58.1 Å². The molecule has 0 unspecified atom stereocenters. The fourth-order valence-corrected chi connectivity index (χ4v) is 2.78. The van der Waals surface area contributed by atoms with Crippen LogP contribution in [0.3, 0.4) is 0 Å². The van der Waals surface area contributed by atoms with Crippen LogP contribution in [0.5, 0.6) is 5.75 Å². The van der Waals surface area contributed by atoms with Crippen molar-refractivity contribution in [2.24, 2.45) is 0 Å². The fraction of sp³-hybridized carbons (Fsp3) is 0.118. The van der Waals surface area contributed by atoms with Crippen molar-refractivity contribution in [2.45, 2.75) is 6.42 Å². The number of hydrogen-bond acceptors (Lipinski definition) is 4. The maximum atomic E-state index is 12.2. The molecule has 130 valence electrons. The first-order valence-corrected chi connectivity index (χ1v) is 8.36. The highest BCUT2D eigenvalue weighted by Crippen LogP contribution is 2.25. The van der Waals surface area contributed by atoms with E-state index in [0.29, 0.717) is 27.0 Å². The van der Waals surface area contributed by atoms with Crippen molar-refractivity contribution in [3.63, 3.8) is 0 Å². The standard InChI is InChI=1S/C17H15BrN2O4S/c1-24-14-7-4-11(9-13(14)18)16(23)20-17(25)19-12-5-2-10(3-6-12)8-15(21)22/h2-7,9H,8H2,1H3,(H,21,22)(H2,19,20,23,25). The van der Waals surface area contributed by atoms with Gasteiger partial charge in [0.15, 0.2) is 5.11 Å². The summed E-state index contributed by atoms with van der Waals surface area (Å²) in [6.07, 6.45) is -0.0478. The smallest absolute Gasteiger partial charge is 0.307 e. The lowest BCUT2D eigenvalue weighted by atomic mass is 10.1. The molecular formula is C17H15BrN2O4S. The Bertz CT molecular complexity index is 809. The number of ether oxygens (including phenoxy) is 1. The Hall–Kier alpha value is -2.45. The van der Waals surface area contributed by atoms with Crippen molar-refractivity contribution in [1.29, 1.82) is 0 Å². The summed E-state index contributed by atoms with van der Waals surface area (Å²) in [5, 5.41) is 14.3. The fourth-order valence-electron chi connectivity index (χ4n) is 2.03. The monoisotopic (exact) mass is 422 g/mol. The van der Waals surface area contributed by atoms with E-state index in [0.717, 1.165) is 0 Å². The van der Waals surface area contributed by atoms with Gasteiger partial charge in [0.2, 0.25) is 0 Å². The molecule has 0 fully saturated rings. The molecule has 0 atom stereocenters. The molecule has 0 aliphatic rings. The molecule has 0 saturated carbocycles. The first-order valence-electron chi connectivity index (χ1n) is 7.15. The highest BCUT2D eigenvalue weighted by Gasteiger charge is 2.11. The number of nitrogens with one attached hydrogen (secondary N) is 2. The maximum absolute atomic E-state index is 12.2. The summed E-state index contributed by atoms with van der Waals surface area (Å²) in [4.78, 5) is 22.9. The van der Waals surface area contributed by atoms with Crippen molar-refractivity contribution >= 4 is 50.8 Å². The van der Waals surface area contributed by atoms with Gasteiger partial charge in [-0.15, -0.1) is 0 Å². The average molecular weight is 423 g/mol. The summed E-state index contributed by atoms with van der Waals surface area (Å²) in [7, 11) is 1.54. The molecule has 25 heavy (non-hydrogen) atoms. The topological polar surface area (TPSA) is 87.7 Å². The molecule has 8 heteroatoms. The van der Waals surface area contributed by atoms with E-state index in [-0.39, 0.29) is 17.4 Å². The molecule has 0 aromatic heterocycles. The van der Waals surface area contributed by atoms with Gasteiger partial charge in [-0.2, -0.15) is 0 Å². The van der Waals surface area contributed by atoms with Gasteiger partial charge < -0.3 is 15.2 Å².